The van der Waals surface area contributed by atoms with Gasteiger partial charge in [0.05, 0.1) is 0 Å². The van der Waals surface area contributed by atoms with Gasteiger partial charge in [-0.15, -0.1) is 0 Å². The molecule has 0 aliphatic carbocycles. The normalized spacial score (nSPS) is 21.1. The van der Waals surface area contributed by atoms with Crippen molar-refractivity contribution < 1.29 is 19.4 Å². The third kappa shape index (κ3) is 3.80. The van der Waals surface area contributed by atoms with Crippen molar-refractivity contribution in [3.05, 3.63) is 59.7 Å². The summed E-state index contributed by atoms with van der Waals surface area (Å²) in [5.41, 5.74) is 4.54. The molecule has 1 saturated heterocycles. The van der Waals surface area contributed by atoms with Crippen LogP contribution in [0.3, 0.4) is 0 Å². The molecule has 2 N–H and O–H groups in total. The van der Waals surface area contributed by atoms with E-state index in [-0.39, 0.29) is 5.91 Å². The Balaban J connectivity index is 1.34. The van der Waals surface area contributed by atoms with Crippen LogP contribution in [0.2, 0.25) is 0 Å². The summed E-state index contributed by atoms with van der Waals surface area (Å²) in [5, 5.41) is 11.8. The second-order valence-corrected chi connectivity index (χ2v) is 7.02. The van der Waals surface area contributed by atoms with Crippen LogP contribution < -0.4 is 10.2 Å². The summed E-state index contributed by atoms with van der Waals surface area (Å²) < 4.78 is 5.28. The molecular formula is C21H22N2O4. The van der Waals surface area contributed by atoms with E-state index in [1.165, 1.54) is 16.8 Å². The molecule has 0 bridgehead atoms. The van der Waals surface area contributed by atoms with Crippen LogP contribution in [0.4, 0.5) is 11.4 Å². The van der Waals surface area contributed by atoms with Gasteiger partial charge in [0, 0.05) is 24.5 Å². The standard InChI is InChI=1S/C21H22N2O4/c24-20(18-9-10-19(27-18)21(25)26)22-16-7-5-14(6-8-16)13-23-12-11-15-3-1-2-4-17(15)23/h1-8,18-19H,9-13H2,(H,22,24)(H,25,26)/t18-,19+/m0/s1. The molecule has 2 atom stereocenters. The first-order chi connectivity index (χ1) is 13.1. The number of carbonyl (C=O) groups excluding carboxylic acids is 1. The molecule has 140 valence electrons. The number of amides is 1. The van der Waals surface area contributed by atoms with Gasteiger partial charge in [0.15, 0.2) is 6.10 Å². The number of para-hydroxylation sites is 1. The van der Waals surface area contributed by atoms with E-state index in [0.717, 1.165) is 19.5 Å². The van der Waals surface area contributed by atoms with E-state index in [1.54, 1.807) is 0 Å². The first-order valence-corrected chi connectivity index (χ1v) is 9.21. The van der Waals surface area contributed by atoms with Gasteiger partial charge in [0.2, 0.25) is 0 Å². The highest BCUT2D eigenvalue weighted by molar-refractivity contribution is 5.94. The molecule has 0 unspecified atom stereocenters. The van der Waals surface area contributed by atoms with Crippen molar-refractivity contribution in [2.45, 2.75) is 38.0 Å². The van der Waals surface area contributed by atoms with Crippen LogP contribution in [-0.4, -0.2) is 35.7 Å². The first-order valence-electron chi connectivity index (χ1n) is 9.21. The Morgan fingerprint density at radius 2 is 1.81 bits per heavy atom. The van der Waals surface area contributed by atoms with Crippen molar-refractivity contribution >= 4 is 23.3 Å². The third-order valence-corrected chi connectivity index (χ3v) is 5.17. The highest BCUT2D eigenvalue weighted by Gasteiger charge is 2.34. The number of benzene rings is 2. The Kier molecular flexibility index (Phi) is 4.81. The number of ether oxygens (including phenoxy) is 1. The van der Waals surface area contributed by atoms with Crippen LogP contribution >= 0.6 is 0 Å². The average molecular weight is 366 g/mol. The van der Waals surface area contributed by atoms with Gasteiger partial charge in [-0.25, -0.2) is 4.79 Å². The fraction of sp³-hybridized carbons (Fsp3) is 0.333. The number of aliphatic carboxylic acids is 1. The Hall–Kier alpha value is -2.86. The van der Waals surface area contributed by atoms with Gasteiger partial charge < -0.3 is 20.1 Å². The van der Waals surface area contributed by atoms with E-state index < -0.39 is 18.2 Å². The molecule has 4 rings (SSSR count). The summed E-state index contributed by atoms with van der Waals surface area (Å²) >= 11 is 0. The lowest BCUT2D eigenvalue weighted by molar-refractivity contribution is -0.150. The molecule has 0 spiro atoms. The van der Waals surface area contributed by atoms with Gasteiger partial charge in [0.1, 0.15) is 6.10 Å². The van der Waals surface area contributed by atoms with Gasteiger partial charge in [-0.2, -0.15) is 0 Å². The number of fused-ring (bicyclic) bond motifs is 1. The molecule has 2 aromatic carbocycles. The van der Waals surface area contributed by atoms with E-state index in [4.69, 9.17) is 9.84 Å². The molecule has 2 aliphatic rings. The van der Waals surface area contributed by atoms with E-state index in [1.807, 2.05) is 24.3 Å². The van der Waals surface area contributed by atoms with E-state index in [0.29, 0.717) is 18.5 Å². The van der Waals surface area contributed by atoms with E-state index >= 15 is 0 Å². The Morgan fingerprint density at radius 1 is 1.07 bits per heavy atom. The summed E-state index contributed by atoms with van der Waals surface area (Å²) in [5.74, 6) is -1.31. The fourth-order valence-electron chi connectivity index (χ4n) is 3.72. The molecule has 0 aromatic heterocycles. The molecule has 1 amide bonds. The number of nitrogens with zero attached hydrogens (tertiary/aromatic N) is 1. The maximum Gasteiger partial charge on any atom is 0.332 e. The second-order valence-electron chi connectivity index (χ2n) is 7.02. The topological polar surface area (TPSA) is 78.9 Å². The average Bonchev–Trinajstić information content (AvgIpc) is 3.31. The predicted molar refractivity (Wildman–Crippen MR) is 102 cm³/mol. The molecule has 2 aromatic rings. The highest BCUT2D eigenvalue weighted by atomic mass is 16.5. The van der Waals surface area contributed by atoms with Crippen molar-refractivity contribution in [1.29, 1.82) is 0 Å². The molecule has 6 heteroatoms. The third-order valence-electron chi connectivity index (χ3n) is 5.17. The smallest absolute Gasteiger partial charge is 0.332 e. The minimum atomic E-state index is -1.02. The lowest BCUT2D eigenvalue weighted by atomic mass is 10.1. The van der Waals surface area contributed by atoms with Crippen molar-refractivity contribution in [3.8, 4) is 0 Å². The number of hydrogen-bond acceptors (Lipinski definition) is 4. The zero-order valence-electron chi connectivity index (χ0n) is 14.9. The maximum atomic E-state index is 12.2. The Morgan fingerprint density at radius 3 is 2.56 bits per heavy atom. The lowest BCUT2D eigenvalue weighted by Gasteiger charge is -2.19. The molecule has 1 fully saturated rings. The van der Waals surface area contributed by atoms with Crippen LogP contribution in [0.5, 0.6) is 0 Å². The molecular weight excluding hydrogens is 344 g/mol. The summed E-state index contributed by atoms with van der Waals surface area (Å²) in [7, 11) is 0. The van der Waals surface area contributed by atoms with Gasteiger partial charge >= 0.3 is 5.97 Å². The van der Waals surface area contributed by atoms with Crippen LogP contribution in [-0.2, 0) is 27.3 Å². The van der Waals surface area contributed by atoms with Crippen molar-refractivity contribution in [2.24, 2.45) is 0 Å². The quantitative estimate of drug-likeness (QED) is 0.851. The minimum Gasteiger partial charge on any atom is -0.479 e. The summed E-state index contributed by atoms with van der Waals surface area (Å²) in [4.78, 5) is 25.5. The zero-order chi connectivity index (χ0) is 18.8. The molecule has 0 radical (unpaired) electrons. The predicted octanol–water partition coefficient (Wildman–Crippen LogP) is 2.82. The monoisotopic (exact) mass is 366 g/mol. The van der Waals surface area contributed by atoms with Crippen molar-refractivity contribution in [1.82, 2.24) is 0 Å². The Labute approximate surface area is 157 Å². The van der Waals surface area contributed by atoms with Crippen LogP contribution in [0.25, 0.3) is 0 Å². The van der Waals surface area contributed by atoms with Crippen LogP contribution in [0.1, 0.15) is 24.0 Å². The number of anilines is 2. The SMILES string of the molecule is O=C(Nc1ccc(CN2CCc3ccccc32)cc1)[C@@H]1CC[C@H](C(=O)O)O1. The molecule has 2 aliphatic heterocycles. The number of nitrogens with one attached hydrogen (secondary N) is 1. The van der Waals surface area contributed by atoms with Crippen molar-refractivity contribution in [2.75, 3.05) is 16.8 Å². The zero-order valence-corrected chi connectivity index (χ0v) is 14.9. The first kappa shape index (κ1) is 17.5. The van der Waals surface area contributed by atoms with Gasteiger partial charge in [-0.05, 0) is 48.6 Å². The lowest BCUT2D eigenvalue weighted by Crippen LogP contribution is -2.29. The van der Waals surface area contributed by atoms with Crippen LogP contribution in [0, 0.1) is 0 Å². The maximum absolute atomic E-state index is 12.2. The summed E-state index contributed by atoms with van der Waals surface area (Å²) in [6.07, 6.45) is 0.278. The second kappa shape index (κ2) is 7.40. The number of carboxylic acids is 1. The van der Waals surface area contributed by atoms with E-state index in [9.17, 15) is 9.59 Å². The minimum absolute atomic E-state index is 0.292. The summed E-state index contributed by atoms with van der Waals surface area (Å²) in [6.45, 7) is 1.85. The molecule has 2 heterocycles. The van der Waals surface area contributed by atoms with E-state index in [2.05, 4.69) is 34.5 Å². The van der Waals surface area contributed by atoms with Crippen LogP contribution in [0.15, 0.2) is 48.5 Å². The molecule has 27 heavy (non-hydrogen) atoms. The Bertz CT molecular complexity index is 850. The number of rotatable bonds is 5. The van der Waals surface area contributed by atoms with Crippen molar-refractivity contribution in [3.63, 3.8) is 0 Å². The molecule has 0 saturated carbocycles. The van der Waals surface area contributed by atoms with Gasteiger partial charge in [-0.3, -0.25) is 4.79 Å². The van der Waals surface area contributed by atoms with Gasteiger partial charge in [-0.1, -0.05) is 30.3 Å². The highest BCUT2D eigenvalue weighted by Crippen LogP contribution is 2.29. The largest absolute Gasteiger partial charge is 0.479 e. The number of carboxylic acid groups (broad SMARTS) is 1. The number of carbonyl (C=O) groups is 2. The number of hydrogen-bond donors (Lipinski definition) is 2. The summed E-state index contributed by atoms with van der Waals surface area (Å²) in [6, 6.07) is 16.2. The fourth-order valence-corrected chi connectivity index (χ4v) is 3.72. The molecule has 6 nitrogen and oxygen atoms in total. The van der Waals surface area contributed by atoms with Gasteiger partial charge in [0.25, 0.3) is 5.91 Å².